The van der Waals surface area contributed by atoms with Gasteiger partial charge in [-0.05, 0) is 20.3 Å². The highest BCUT2D eigenvalue weighted by Gasteiger charge is 2.31. The van der Waals surface area contributed by atoms with E-state index in [4.69, 9.17) is 4.74 Å². The molecule has 0 spiro atoms. The summed E-state index contributed by atoms with van der Waals surface area (Å²) in [7, 11) is 0. The molecular weight excluding hydrogens is 211 g/mol. The maximum absolute atomic E-state index is 13.7. The van der Waals surface area contributed by atoms with Crippen molar-refractivity contribution in [2.75, 3.05) is 6.61 Å². The monoisotopic (exact) mass is 234 g/mol. The Bertz CT molecular complexity index is 206. The largest absolute Gasteiger partial charge is 0.465 e. The third kappa shape index (κ3) is 4.92. The van der Waals surface area contributed by atoms with Crippen molar-refractivity contribution in [3.8, 4) is 0 Å². The Balaban J connectivity index is 4.10. The number of carbonyl (C=O) groups is 1. The smallest absolute Gasteiger partial charge is 0.311 e. The van der Waals surface area contributed by atoms with Crippen molar-refractivity contribution >= 4 is 5.97 Å². The molecule has 0 saturated heterocycles. The lowest BCUT2D eigenvalue weighted by molar-refractivity contribution is -0.151. The Morgan fingerprint density at radius 3 is 2.38 bits per heavy atom. The minimum absolute atomic E-state index is 0.343. The minimum atomic E-state index is -1.37. The van der Waals surface area contributed by atoms with Crippen LogP contribution in [0.25, 0.3) is 0 Å². The first-order chi connectivity index (χ1) is 7.41. The number of esters is 1. The van der Waals surface area contributed by atoms with Gasteiger partial charge in [-0.25, -0.2) is 4.39 Å². The highest BCUT2D eigenvalue weighted by Crippen LogP contribution is 2.21. The topological polar surface area (TPSA) is 46.5 Å². The lowest BCUT2D eigenvalue weighted by Gasteiger charge is -2.23. The molecule has 4 heteroatoms. The lowest BCUT2D eigenvalue weighted by atomic mass is 9.91. The highest BCUT2D eigenvalue weighted by molar-refractivity contribution is 5.72. The highest BCUT2D eigenvalue weighted by atomic mass is 19.1. The molecule has 0 saturated carbocycles. The zero-order valence-corrected chi connectivity index (χ0v) is 10.6. The molecule has 16 heavy (non-hydrogen) atoms. The summed E-state index contributed by atoms with van der Waals surface area (Å²) in [5, 5.41) is 9.24. The van der Waals surface area contributed by atoms with Crippen LogP contribution in [0.4, 0.5) is 4.39 Å². The van der Waals surface area contributed by atoms with Crippen LogP contribution in [0.2, 0.25) is 0 Å². The molecular formula is C12H23FO3. The van der Waals surface area contributed by atoms with Gasteiger partial charge in [-0.2, -0.15) is 0 Å². The van der Waals surface area contributed by atoms with Crippen molar-refractivity contribution in [2.45, 2.75) is 52.8 Å². The summed E-state index contributed by atoms with van der Waals surface area (Å²) in [6.45, 7) is 6.94. The molecule has 4 atom stereocenters. The second-order valence-corrected chi connectivity index (χ2v) is 4.35. The van der Waals surface area contributed by atoms with Crippen molar-refractivity contribution in [1.82, 2.24) is 0 Å². The second-order valence-electron chi connectivity index (χ2n) is 4.35. The first-order valence-electron chi connectivity index (χ1n) is 5.90. The van der Waals surface area contributed by atoms with E-state index in [9.17, 15) is 14.3 Å². The van der Waals surface area contributed by atoms with Crippen LogP contribution >= 0.6 is 0 Å². The molecule has 0 amide bonds. The fourth-order valence-electron chi connectivity index (χ4n) is 1.30. The van der Waals surface area contributed by atoms with E-state index in [1.807, 2.05) is 6.92 Å². The lowest BCUT2D eigenvalue weighted by Crippen LogP contribution is -2.34. The van der Waals surface area contributed by atoms with E-state index in [1.165, 1.54) is 13.8 Å². The molecule has 0 heterocycles. The van der Waals surface area contributed by atoms with Crippen LogP contribution in [0.15, 0.2) is 0 Å². The number of alkyl halides is 1. The van der Waals surface area contributed by atoms with Crippen molar-refractivity contribution in [3.63, 3.8) is 0 Å². The van der Waals surface area contributed by atoms with E-state index in [0.717, 1.165) is 12.8 Å². The molecule has 0 fully saturated rings. The zero-order chi connectivity index (χ0) is 12.7. The van der Waals surface area contributed by atoms with Gasteiger partial charge in [0.1, 0.15) is 6.17 Å². The Kier molecular flexibility index (Phi) is 7.30. The maximum atomic E-state index is 13.7. The van der Waals surface area contributed by atoms with Crippen molar-refractivity contribution in [1.29, 1.82) is 0 Å². The number of carbonyl (C=O) groups excluding carboxylic acids is 1. The summed E-state index contributed by atoms with van der Waals surface area (Å²) in [4.78, 5) is 11.4. The van der Waals surface area contributed by atoms with Gasteiger partial charge in [-0.3, -0.25) is 4.79 Å². The summed E-state index contributed by atoms with van der Waals surface area (Å²) in [6.07, 6.45) is -0.401. The standard InChI is InChI=1S/C12H23FO3/c1-5-6-7-16-12(15)9(3)11(13)8(2)10(4)14/h8-11,14H,5-7H2,1-4H3. The van der Waals surface area contributed by atoms with Crippen molar-refractivity contribution < 1.29 is 19.0 Å². The van der Waals surface area contributed by atoms with Gasteiger partial charge < -0.3 is 9.84 Å². The number of ether oxygens (including phenoxy) is 1. The summed E-state index contributed by atoms with van der Waals surface area (Å²) >= 11 is 0. The maximum Gasteiger partial charge on any atom is 0.311 e. The molecule has 0 radical (unpaired) electrons. The second kappa shape index (κ2) is 7.60. The Labute approximate surface area is 97.0 Å². The normalized spacial score (nSPS) is 18.6. The molecule has 1 N–H and O–H groups in total. The molecule has 0 aliphatic carbocycles. The van der Waals surface area contributed by atoms with E-state index in [-0.39, 0.29) is 0 Å². The van der Waals surface area contributed by atoms with Gasteiger partial charge in [-0.15, -0.1) is 0 Å². The number of rotatable bonds is 7. The number of aliphatic hydroxyl groups is 1. The number of halogens is 1. The molecule has 96 valence electrons. The van der Waals surface area contributed by atoms with Gasteiger partial charge >= 0.3 is 5.97 Å². The van der Waals surface area contributed by atoms with Crippen LogP contribution < -0.4 is 0 Å². The first-order valence-corrected chi connectivity index (χ1v) is 5.90. The minimum Gasteiger partial charge on any atom is -0.465 e. The number of unbranched alkanes of at least 4 members (excludes halogenated alkanes) is 1. The van der Waals surface area contributed by atoms with E-state index < -0.39 is 30.1 Å². The SMILES string of the molecule is CCCCOC(=O)C(C)C(F)C(C)C(C)O. The van der Waals surface area contributed by atoms with E-state index >= 15 is 0 Å². The molecule has 4 unspecified atom stereocenters. The van der Waals surface area contributed by atoms with Crippen LogP contribution in [0.1, 0.15) is 40.5 Å². The van der Waals surface area contributed by atoms with Crippen LogP contribution in [0, 0.1) is 11.8 Å². The third-order valence-electron chi connectivity index (χ3n) is 2.85. The Morgan fingerprint density at radius 1 is 1.38 bits per heavy atom. The summed E-state index contributed by atoms with van der Waals surface area (Å²) in [5.74, 6) is -1.90. The van der Waals surface area contributed by atoms with Gasteiger partial charge in [-0.1, -0.05) is 20.3 Å². The van der Waals surface area contributed by atoms with Crippen LogP contribution in [-0.2, 0) is 9.53 Å². The molecule has 0 bridgehead atoms. The molecule has 0 aliphatic rings. The molecule has 0 aromatic rings. The Morgan fingerprint density at radius 2 is 1.94 bits per heavy atom. The molecule has 0 rings (SSSR count). The number of hydrogen-bond acceptors (Lipinski definition) is 3. The molecule has 0 aromatic carbocycles. The van der Waals surface area contributed by atoms with E-state index in [1.54, 1.807) is 6.92 Å². The van der Waals surface area contributed by atoms with Crippen LogP contribution in [-0.4, -0.2) is 30.0 Å². The first kappa shape index (κ1) is 15.4. The predicted molar refractivity (Wildman–Crippen MR) is 60.8 cm³/mol. The van der Waals surface area contributed by atoms with Gasteiger partial charge in [0.15, 0.2) is 0 Å². The van der Waals surface area contributed by atoms with Crippen LogP contribution in [0.3, 0.4) is 0 Å². The van der Waals surface area contributed by atoms with Gasteiger partial charge in [0.25, 0.3) is 0 Å². The summed E-state index contributed by atoms with van der Waals surface area (Å²) in [5.41, 5.74) is 0. The van der Waals surface area contributed by atoms with E-state index in [2.05, 4.69) is 0 Å². The molecule has 0 aromatic heterocycles. The average molecular weight is 234 g/mol. The molecule has 3 nitrogen and oxygen atoms in total. The van der Waals surface area contributed by atoms with Gasteiger partial charge in [0, 0.05) is 5.92 Å². The van der Waals surface area contributed by atoms with Crippen LogP contribution in [0.5, 0.6) is 0 Å². The fourth-order valence-corrected chi connectivity index (χ4v) is 1.30. The summed E-state index contributed by atoms with van der Waals surface area (Å²) in [6, 6.07) is 0. The van der Waals surface area contributed by atoms with Crippen molar-refractivity contribution in [3.05, 3.63) is 0 Å². The molecule has 0 aliphatic heterocycles. The predicted octanol–water partition coefficient (Wildman–Crippen LogP) is 2.32. The summed E-state index contributed by atoms with van der Waals surface area (Å²) < 4.78 is 18.7. The van der Waals surface area contributed by atoms with Gasteiger partial charge in [0.05, 0.1) is 18.6 Å². The van der Waals surface area contributed by atoms with E-state index in [0.29, 0.717) is 6.61 Å². The zero-order valence-electron chi connectivity index (χ0n) is 10.6. The van der Waals surface area contributed by atoms with Crippen molar-refractivity contribution in [2.24, 2.45) is 11.8 Å². The third-order valence-corrected chi connectivity index (χ3v) is 2.85. The van der Waals surface area contributed by atoms with Gasteiger partial charge in [0.2, 0.25) is 0 Å². The number of aliphatic hydroxyl groups excluding tert-OH is 1. The average Bonchev–Trinajstić information content (AvgIpc) is 2.26. The quantitative estimate of drug-likeness (QED) is 0.543. The Hall–Kier alpha value is -0.640. The number of hydrogen-bond donors (Lipinski definition) is 1. The fraction of sp³-hybridized carbons (Fsp3) is 0.917.